The summed E-state index contributed by atoms with van der Waals surface area (Å²) in [5.74, 6) is -2.99. The van der Waals surface area contributed by atoms with Gasteiger partial charge in [-0.2, -0.15) is 0 Å². The van der Waals surface area contributed by atoms with Gasteiger partial charge in [-0.3, -0.25) is 28.8 Å². The minimum atomic E-state index is -1.26. The molecule has 1 heterocycles. The Labute approximate surface area is 330 Å². The first-order valence-electron chi connectivity index (χ1n) is 18.4. The number of esters is 1. The summed E-state index contributed by atoms with van der Waals surface area (Å²) < 4.78 is 37.9. The Hall–Kier alpha value is -4.99. The van der Waals surface area contributed by atoms with Gasteiger partial charge in [-0.25, -0.2) is 4.79 Å². The molecular formula is C37H54N4O16. The van der Waals surface area contributed by atoms with Gasteiger partial charge in [0.25, 0.3) is 0 Å². The highest BCUT2D eigenvalue weighted by Crippen LogP contribution is 2.30. The van der Waals surface area contributed by atoms with Crippen LogP contribution in [-0.2, 0) is 68.6 Å². The maximum Gasteiger partial charge on any atom is 0.333 e. The van der Waals surface area contributed by atoms with Gasteiger partial charge in [0, 0.05) is 71.8 Å². The standard InChI is InChI=1S/C37H54N4O16/c1-26(43)55-25-27-5-6-30(56-36-24-28(44)23-31(57-36)37(49)50)29(22-27)40-34(47)7-10-38-33(46)9-14-51-16-18-53-20-21-54-19-17-52-15-11-39-32(45)8-12-41(2)35(48)4-3-13-42/h3-6,13,22,28,31,36,44H,7-12,14-21,23-25H2,1-2H3,(H,38,46)(H,39,45)(H,40,47)(H,49,50)/b4-3-. The van der Waals surface area contributed by atoms with Crippen LogP contribution in [0.5, 0.6) is 5.75 Å². The van der Waals surface area contributed by atoms with Crippen molar-refractivity contribution in [3.8, 4) is 5.75 Å². The molecule has 0 radical (unpaired) electrons. The SMILES string of the molecule is CC(=O)OCc1ccc(OC2CC(O)CC(C(=O)O)O2)c(NC(=O)CCNC(=O)CCOCCOCCOCCOCCNC(=O)CCN(C)C(=O)/C=C\C=O)c1. The molecule has 0 bridgehead atoms. The fourth-order valence-corrected chi connectivity index (χ4v) is 4.81. The number of hydrogen-bond acceptors (Lipinski definition) is 15. The van der Waals surface area contributed by atoms with Gasteiger partial charge in [0.1, 0.15) is 18.6 Å². The van der Waals surface area contributed by atoms with Crippen molar-refractivity contribution in [2.24, 2.45) is 0 Å². The number of nitrogens with zero attached hydrogens (tertiary/aromatic N) is 1. The molecule has 0 aliphatic carbocycles. The number of carbonyl (C=O) groups excluding carboxylic acids is 6. The molecule has 3 unspecified atom stereocenters. The van der Waals surface area contributed by atoms with E-state index in [2.05, 4.69) is 16.0 Å². The lowest BCUT2D eigenvalue weighted by Gasteiger charge is -2.31. The summed E-state index contributed by atoms with van der Waals surface area (Å²) in [7, 11) is 1.54. The van der Waals surface area contributed by atoms with E-state index >= 15 is 0 Å². The van der Waals surface area contributed by atoms with Crippen LogP contribution in [0.3, 0.4) is 0 Å². The van der Waals surface area contributed by atoms with Crippen LogP contribution in [0.1, 0.15) is 44.6 Å². The number of aliphatic hydroxyl groups is 1. The molecule has 2 rings (SSSR count). The molecule has 0 saturated carbocycles. The number of aliphatic carboxylic acids is 1. The predicted octanol–water partition coefficient (Wildman–Crippen LogP) is -0.300. The average Bonchev–Trinajstić information content (AvgIpc) is 3.17. The van der Waals surface area contributed by atoms with Crippen LogP contribution >= 0.6 is 0 Å². The zero-order valence-corrected chi connectivity index (χ0v) is 32.3. The highest BCUT2D eigenvalue weighted by atomic mass is 16.7. The third-order valence-corrected chi connectivity index (χ3v) is 7.76. The van der Waals surface area contributed by atoms with Crippen LogP contribution in [-0.4, -0.2) is 155 Å². The minimum Gasteiger partial charge on any atom is -0.479 e. The van der Waals surface area contributed by atoms with E-state index in [9.17, 15) is 43.8 Å². The van der Waals surface area contributed by atoms with Crippen LogP contribution in [0.15, 0.2) is 30.4 Å². The van der Waals surface area contributed by atoms with Crippen molar-refractivity contribution in [2.45, 2.75) is 64.1 Å². The number of aldehydes is 1. The molecule has 3 atom stereocenters. The van der Waals surface area contributed by atoms with Crippen molar-refractivity contribution in [1.82, 2.24) is 15.5 Å². The summed E-state index contributed by atoms with van der Waals surface area (Å²) in [6.45, 7) is 4.07. The first-order valence-corrected chi connectivity index (χ1v) is 18.4. The van der Waals surface area contributed by atoms with Crippen molar-refractivity contribution in [3.05, 3.63) is 35.9 Å². The van der Waals surface area contributed by atoms with E-state index in [-0.39, 0.29) is 94.2 Å². The summed E-state index contributed by atoms with van der Waals surface area (Å²) in [5, 5.41) is 27.4. The number of ether oxygens (including phenoxy) is 7. The van der Waals surface area contributed by atoms with Crippen LogP contribution in [0.2, 0.25) is 0 Å². The molecule has 5 N–H and O–H groups in total. The van der Waals surface area contributed by atoms with Crippen molar-refractivity contribution in [2.75, 3.05) is 84.9 Å². The van der Waals surface area contributed by atoms with Crippen molar-refractivity contribution in [1.29, 1.82) is 0 Å². The highest BCUT2D eigenvalue weighted by Gasteiger charge is 2.34. The number of anilines is 1. The Morgan fingerprint density at radius 1 is 0.842 bits per heavy atom. The normalized spacial score (nSPS) is 16.4. The number of benzene rings is 1. The van der Waals surface area contributed by atoms with E-state index in [0.717, 1.165) is 12.2 Å². The highest BCUT2D eigenvalue weighted by molar-refractivity contribution is 5.93. The number of hydrogen-bond donors (Lipinski definition) is 5. The smallest absolute Gasteiger partial charge is 0.333 e. The zero-order chi connectivity index (χ0) is 41.8. The van der Waals surface area contributed by atoms with Gasteiger partial charge in [-0.15, -0.1) is 0 Å². The molecule has 0 aromatic heterocycles. The number of nitrogens with one attached hydrogen (secondary N) is 3. The summed E-state index contributed by atoms with van der Waals surface area (Å²) in [6, 6.07) is 4.62. The van der Waals surface area contributed by atoms with Gasteiger partial charge in [0.15, 0.2) is 6.10 Å². The molecule has 1 aliphatic heterocycles. The van der Waals surface area contributed by atoms with E-state index in [1.54, 1.807) is 6.07 Å². The maximum atomic E-state index is 12.8. The van der Waals surface area contributed by atoms with Crippen LogP contribution in [0.4, 0.5) is 5.69 Å². The quantitative estimate of drug-likeness (QED) is 0.0301. The molecule has 20 heteroatoms. The number of amides is 4. The van der Waals surface area contributed by atoms with Crippen molar-refractivity contribution >= 4 is 47.5 Å². The van der Waals surface area contributed by atoms with Crippen molar-refractivity contribution < 1.29 is 76.9 Å². The van der Waals surface area contributed by atoms with Gasteiger partial charge in [0.2, 0.25) is 29.9 Å². The average molecular weight is 811 g/mol. The predicted molar refractivity (Wildman–Crippen MR) is 199 cm³/mol. The van der Waals surface area contributed by atoms with Gasteiger partial charge in [-0.05, 0) is 23.8 Å². The molecule has 1 aromatic rings. The van der Waals surface area contributed by atoms with E-state index in [1.807, 2.05) is 0 Å². The summed E-state index contributed by atoms with van der Waals surface area (Å²) >= 11 is 0. The Morgan fingerprint density at radius 3 is 2.12 bits per heavy atom. The second kappa shape index (κ2) is 28.4. The van der Waals surface area contributed by atoms with Gasteiger partial charge in [-0.1, -0.05) is 6.07 Å². The fraction of sp³-hybridized carbons (Fsp3) is 0.595. The Bertz CT molecular complexity index is 1470. The number of likely N-dealkylation sites (N-methyl/N-ethyl adjacent to an activating group) is 1. The molecule has 1 aliphatic rings. The third-order valence-electron chi connectivity index (χ3n) is 7.76. The van der Waals surface area contributed by atoms with E-state index in [0.29, 0.717) is 58.0 Å². The lowest BCUT2D eigenvalue weighted by atomic mass is 10.1. The number of allylic oxidation sites excluding steroid dienone is 1. The molecule has 57 heavy (non-hydrogen) atoms. The van der Waals surface area contributed by atoms with E-state index < -0.39 is 36.3 Å². The Kier molecular flexibility index (Phi) is 24.0. The molecule has 1 saturated heterocycles. The largest absolute Gasteiger partial charge is 0.479 e. The second-order valence-electron chi connectivity index (χ2n) is 12.4. The Balaban J connectivity index is 1.52. The molecule has 1 fully saturated rings. The zero-order valence-electron chi connectivity index (χ0n) is 32.3. The monoisotopic (exact) mass is 810 g/mol. The fourth-order valence-electron chi connectivity index (χ4n) is 4.81. The number of carbonyl (C=O) groups is 7. The van der Waals surface area contributed by atoms with Gasteiger partial charge < -0.3 is 64.2 Å². The van der Waals surface area contributed by atoms with Crippen LogP contribution in [0, 0.1) is 0 Å². The minimum absolute atomic E-state index is 0.00685. The van der Waals surface area contributed by atoms with E-state index in [1.165, 1.54) is 31.0 Å². The molecule has 1 aromatic carbocycles. The molecular weight excluding hydrogens is 756 g/mol. The summed E-state index contributed by atoms with van der Waals surface area (Å²) in [4.78, 5) is 82.8. The van der Waals surface area contributed by atoms with Gasteiger partial charge in [0.05, 0.1) is 64.6 Å². The molecule has 0 spiro atoms. The van der Waals surface area contributed by atoms with Crippen LogP contribution in [0.25, 0.3) is 0 Å². The Morgan fingerprint density at radius 2 is 1.47 bits per heavy atom. The summed E-state index contributed by atoms with van der Waals surface area (Å²) in [5.41, 5.74) is 0.728. The molecule has 20 nitrogen and oxygen atoms in total. The van der Waals surface area contributed by atoms with Crippen molar-refractivity contribution in [3.63, 3.8) is 0 Å². The number of rotatable bonds is 29. The lowest BCUT2D eigenvalue weighted by Crippen LogP contribution is -2.42. The van der Waals surface area contributed by atoms with Gasteiger partial charge >= 0.3 is 11.9 Å². The number of aliphatic hydroxyl groups excluding tert-OH is 1. The number of carboxylic acid groups (broad SMARTS) is 1. The summed E-state index contributed by atoms with van der Waals surface area (Å²) in [6.07, 6.45) is -0.586. The topological polar surface area (TPSA) is 264 Å². The lowest BCUT2D eigenvalue weighted by molar-refractivity contribution is -0.195. The number of carboxylic acids is 1. The van der Waals surface area contributed by atoms with Crippen LogP contribution < -0.4 is 20.7 Å². The first kappa shape index (κ1) is 48.2. The molecule has 318 valence electrons. The van der Waals surface area contributed by atoms with E-state index in [4.69, 9.17) is 33.2 Å². The molecule has 4 amide bonds. The second-order valence-corrected chi connectivity index (χ2v) is 12.4. The third kappa shape index (κ3) is 22.4. The first-order chi connectivity index (χ1) is 27.4. The maximum absolute atomic E-state index is 12.8.